The number of rotatable bonds is 3. The van der Waals surface area contributed by atoms with Gasteiger partial charge < -0.3 is 0 Å². The first-order valence-corrected chi connectivity index (χ1v) is 8.34. The molecule has 0 saturated carbocycles. The van der Waals surface area contributed by atoms with Crippen molar-refractivity contribution in [2.45, 2.75) is 6.54 Å². The second-order valence-electron chi connectivity index (χ2n) is 5.07. The van der Waals surface area contributed by atoms with Crippen LogP contribution in [-0.4, -0.2) is 19.1 Å². The maximum absolute atomic E-state index is 4.51. The average Bonchev–Trinajstić information content (AvgIpc) is 3.11. The number of hydrogen-bond acceptors (Lipinski definition) is 3. The summed E-state index contributed by atoms with van der Waals surface area (Å²) >= 11 is 0.0135. The average molecular weight is 341 g/mol. The predicted octanol–water partition coefficient (Wildman–Crippen LogP) is 4.14. The fourth-order valence-corrected chi connectivity index (χ4v) is 3.86. The first kappa shape index (κ1) is 12.6. The van der Waals surface area contributed by atoms with Gasteiger partial charge in [0.1, 0.15) is 0 Å². The van der Waals surface area contributed by atoms with Crippen LogP contribution < -0.4 is 5.32 Å². The molecule has 1 aromatic heterocycles. The molecule has 2 aromatic carbocycles. The van der Waals surface area contributed by atoms with Crippen molar-refractivity contribution in [3.05, 3.63) is 54.2 Å². The van der Waals surface area contributed by atoms with E-state index in [1.807, 2.05) is 12.1 Å². The predicted molar refractivity (Wildman–Crippen MR) is 86.6 cm³/mol. The Balaban J connectivity index is 1.65. The quantitative estimate of drug-likeness (QED) is 0.559. The van der Waals surface area contributed by atoms with Crippen molar-refractivity contribution in [2.75, 3.05) is 5.32 Å². The number of fused-ring (bicyclic) bond motifs is 2. The van der Waals surface area contributed by atoms with Crippen molar-refractivity contribution in [1.82, 2.24) is 4.57 Å². The molecule has 0 atom stereocenters. The van der Waals surface area contributed by atoms with Crippen molar-refractivity contribution in [3.63, 3.8) is 0 Å². The van der Waals surface area contributed by atoms with Crippen molar-refractivity contribution in [3.8, 4) is 0 Å². The van der Waals surface area contributed by atoms with Gasteiger partial charge in [-0.15, -0.1) is 0 Å². The number of nitrogens with zero attached hydrogens (tertiary/aromatic N) is 3. The summed E-state index contributed by atoms with van der Waals surface area (Å²) < 4.78 is 11.1. The molecule has 0 aliphatic carbocycles. The molecule has 5 heteroatoms. The number of aryl methyl sites for hydroxylation is 1. The van der Waals surface area contributed by atoms with E-state index in [-0.39, 0.29) is 14.6 Å². The van der Waals surface area contributed by atoms with Crippen molar-refractivity contribution in [1.29, 1.82) is 0 Å². The number of aromatic nitrogens is 1. The summed E-state index contributed by atoms with van der Waals surface area (Å²) in [6.07, 6.45) is 2.19. The third kappa shape index (κ3) is 2.15. The van der Waals surface area contributed by atoms with Gasteiger partial charge in [-0.3, -0.25) is 0 Å². The molecule has 1 N–H and O–H groups in total. The Labute approximate surface area is 128 Å². The van der Waals surface area contributed by atoms with E-state index in [0.29, 0.717) is 0 Å². The second-order valence-corrected chi connectivity index (χ2v) is 6.18. The van der Waals surface area contributed by atoms with Crippen LogP contribution in [0.5, 0.6) is 0 Å². The van der Waals surface area contributed by atoms with E-state index < -0.39 is 0 Å². The fraction of sp³-hybridized carbons (Fsp3) is 0.125. The Hall–Kier alpha value is -2.10. The van der Waals surface area contributed by atoms with Crippen LogP contribution in [0.25, 0.3) is 10.9 Å². The van der Waals surface area contributed by atoms with E-state index in [1.165, 1.54) is 16.5 Å². The monoisotopic (exact) mass is 342 g/mol. The zero-order chi connectivity index (χ0) is 14.2. The van der Waals surface area contributed by atoms with Crippen LogP contribution in [-0.2, 0) is 13.6 Å². The van der Waals surface area contributed by atoms with Gasteiger partial charge in [0.05, 0.1) is 0 Å². The molecule has 4 nitrogen and oxygen atoms in total. The summed E-state index contributed by atoms with van der Waals surface area (Å²) in [5, 5.41) is 4.81. The molecule has 104 valence electrons. The van der Waals surface area contributed by atoms with Gasteiger partial charge in [-0.1, -0.05) is 0 Å². The Morgan fingerprint density at radius 2 is 2.00 bits per heavy atom. The van der Waals surface area contributed by atoms with E-state index in [2.05, 4.69) is 61.4 Å². The molecule has 21 heavy (non-hydrogen) atoms. The SMILES string of the molecule is Cn1cc(CNc2cccc3c2N=[Se]=N3)c2ccccc21. The first-order chi connectivity index (χ1) is 10.3. The molecule has 4 rings (SSSR count). The van der Waals surface area contributed by atoms with Crippen LogP contribution in [0.1, 0.15) is 5.56 Å². The molecular weight excluding hydrogens is 327 g/mol. The summed E-state index contributed by atoms with van der Waals surface area (Å²) in [6.45, 7) is 0.792. The van der Waals surface area contributed by atoms with Crippen LogP contribution in [0.3, 0.4) is 0 Å². The fourth-order valence-electron chi connectivity index (χ4n) is 2.71. The summed E-state index contributed by atoms with van der Waals surface area (Å²) in [5.41, 5.74) is 5.65. The molecule has 1 aliphatic heterocycles. The molecule has 0 unspecified atom stereocenters. The summed E-state index contributed by atoms with van der Waals surface area (Å²) in [7, 11) is 2.09. The number of hydrogen-bond donors (Lipinski definition) is 1. The molecule has 1 aliphatic rings. The zero-order valence-corrected chi connectivity index (χ0v) is 13.3. The standard InChI is InChI=1S/C16H14N4Se/c1-20-10-11(12-5-2-3-8-15(12)20)9-17-13-6-4-7-14-16(13)19-21-18-14/h2-8,10,17H,9H2,1H3. The molecule has 0 radical (unpaired) electrons. The van der Waals surface area contributed by atoms with Gasteiger partial charge in [0.25, 0.3) is 0 Å². The molecule has 0 fully saturated rings. The van der Waals surface area contributed by atoms with Gasteiger partial charge in [-0.05, 0) is 0 Å². The van der Waals surface area contributed by atoms with Gasteiger partial charge >= 0.3 is 128 Å². The Morgan fingerprint density at radius 3 is 2.95 bits per heavy atom. The summed E-state index contributed by atoms with van der Waals surface area (Å²) in [4.78, 5) is 0. The normalized spacial score (nSPS) is 12.4. The minimum absolute atomic E-state index is 0.0135. The van der Waals surface area contributed by atoms with Gasteiger partial charge in [0.15, 0.2) is 0 Å². The van der Waals surface area contributed by atoms with E-state index in [0.717, 1.165) is 23.6 Å². The molecule has 2 heterocycles. The topological polar surface area (TPSA) is 41.7 Å². The Morgan fingerprint density at radius 1 is 1.10 bits per heavy atom. The zero-order valence-electron chi connectivity index (χ0n) is 11.6. The third-order valence-electron chi connectivity index (χ3n) is 3.73. The maximum atomic E-state index is 4.51. The summed E-state index contributed by atoms with van der Waals surface area (Å²) in [6, 6.07) is 14.6. The van der Waals surface area contributed by atoms with Gasteiger partial charge in [-0.25, -0.2) is 0 Å². The van der Waals surface area contributed by atoms with Gasteiger partial charge in [-0.2, -0.15) is 0 Å². The van der Waals surface area contributed by atoms with E-state index in [9.17, 15) is 0 Å². The molecule has 0 saturated heterocycles. The Kier molecular flexibility index (Phi) is 3.02. The van der Waals surface area contributed by atoms with E-state index in [4.69, 9.17) is 0 Å². The van der Waals surface area contributed by atoms with Gasteiger partial charge in [0, 0.05) is 0 Å². The number of para-hydroxylation sites is 1. The van der Waals surface area contributed by atoms with Crippen molar-refractivity contribution >= 4 is 42.5 Å². The number of anilines is 1. The first-order valence-electron chi connectivity index (χ1n) is 6.81. The van der Waals surface area contributed by atoms with Gasteiger partial charge in [0.2, 0.25) is 0 Å². The van der Waals surface area contributed by atoms with Crippen molar-refractivity contribution < 1.29 is 0 Å². The van der Waals surface area contributed by atoms with Crippen molar-refractivity contribution in [2.24, 2.45) is 15.0 Å². The number of benzene rings is 2. The number of nitrogens with one attached hydrogen (secondary N) is 1. The van der Waals surface area contributed by atoms with Crippen LogP contribution in [0.2, 0.25) is 0 Å². The molecule has 3 aromatic rings. The van der Waals surface area contributed by atoms with Crippen LogP contribution in [0.15, 0.2) is 56.6 Å². The molecular formula is C16H14N4Se. The van der Waals surface area contributed by atoms with Crippen LogP contribution >= 0.6 is 0 Å². The molecule has 0 bridgehead atoms. The van der Waals surface area contributed by atoms with Crippen LogP contribution in [0, 0.1) is 0 Å². The minimum atomic E-state index is 0.0135. The third-order valence-corrected chi connectivity index (χ3v) is 4.87. The summed E-state index contributed by atoms with van der Waals surface area (Å²) in [5.74, 6) is 0. The molecule has 0 amide bonds. The second kappa shape index (κ2) is 5.02. The van der Waals surface area contributed by atoms with E-state index >= 15 is 0 Å². The Bertz CT molecular complexity index is 904. The molecule has 0 spiro atoms. The van der Waals surface area contributed by atoms with Crippen LogP contribution in [0.4, 0.5) is 17.1 Å². The van der Waals surface area contributed by atoms with E-state index in [1.54, 1.807) is 0 Å².